The number of carboxylic acid groups (broad SMARTS) is 1. The van der Waals surface area contributed by atoms with E-state index >= 15 is 0 Å². The molecule has 0 aromatic heterocycles. The number of aliphatic carboxylic acids is 1. The molecule has 3 atom stereocenters. The zero-order valence-corrected chi connectivity index (χ0v) is 19.8. The first-order chi connectivity index (χ1) is 17.0. The Morgan fingerprint density at radius 1 is 0.914 bits per heavy atom. The van der Waals surface area contributed by atoms with Crippen LogP contribution in [0.1, 0.15) is 55.6 Å². The standard InChI is InChI=1S/C28H32N2O5/c31-26(30-15-7-8-18(16-30)27(32)33)23-13-5-6-14-25(23)29-28(34)35-17-24-21-11-3-1-9-19(21)20-10-2-4-12-22(20)24/h1-4,9-12,18,23-25H,5-8,13-17H2,(H,29,34)(H,32,33)/t18?,23-,25+/m1/s1. The Balaban J connectivity index is 1.22. The van der Waals surface area contributed by atoms with Crippen molar-refractivity contribution in [1.82, 2.24) is 10.2 Å². The average Bonchev–Trinajstić information content (AvgIpc) is 3.21. The van der Waals surface area contributed by atoms with Crippen LogP contribution in [0.2, 0.25) is 0 Å². The van der Waals surface area contributed by atoms with Crippen LogP contribution in [-0.2, 0) is 14.3 Å². The van der Waals surface area contributed by atoms with E-state index in [1.807, 2.05) is 24.3 Å². The van der Waals surface area contributed by atoms with E-state index in [9.17, 15) is 19.5 Å². The molecule has 2 aromatic rings. The molecule has 1 unspecified atom stereocenters. The number of carboxylic acids is 1. The molecule has 35 heavy (non-hydrogen) atoms. The maximum Gasteiger partial charge on any atom is 0.407 e. The minimum atomic E-state index is -0.848. The maximum atomic E-state index is 13.3. The van der Waals surface area contributed by atoms with Gasteiger partial charge in [0, 0.05) is 25.0 Å². The fourth-order valence-electron chi connectivity index (χ4n) is 6.00. The van der Waals surface area contributed by atoms with Crippen LogP contribution in [0.5, 0.6) is 0 Å². The predicted molar refractivity (Wildman–Crippen MR) is 131 cm³/mol. The van der Waals surface area contributed by atoms with Crippen molar-refractivity contribution in [1.29, 1.82) is 0 Å². The number of benzene rings is 2. The molecule has 1 aliphatic heterocycles. The molecule has 2 aliphatic carbocycles. The lowest BCUT2D eigenvalue weighted by molar-refractivity contribution is -0.147. The van der Waals surface area contributed by atoms with Gasteiger partial charge in [0.05, 0.1) is 11.8 Å². The largest absolute Gasteiger partial charge is 0.481 e. The summed E-state index contributed by atoms with van der Waals surface area (Å²) >= 11 is 0. The number of nitrogens with one attached hydrogen (secondary N) is 1. The highest BCUT2D eigenvalue weighted by Gasteiger charge is 2.38. The molecule has 184 valence electrons. The number of hydrogen-bond donors (Lipinski definition) is 2. The Morgan fingerprint density at radius 2 is 1.57 bits per heavy atom. The highest BCUT2D eigenvalue weighted by molar-refractivity contribution is 5.82. The van der Waals surface area contributed by atoms with Crippen LogP contribution in [0.25, 0.3) is 11.1 Å². The second-order valence-corrected chi connectivity index (χ2v) is 9.93. The molecular weight excluding hydrogens is 444 g/mol. The van der Waals surface area contributed by atoms with Gasteiger partial charge in [0.25, 0.3) is 0 Å². The fourth-order valence-corrected chi connectivity index (χ4v) is 6.00. The van der Waals surface area contributed by atoms with Gasteiger partial charge in [0.2, 0.25) is 5.91 Å². The summed E-state index contributed by atoms with van der Waals surface area (Å²) in [5.41, 5.74) is 4.67. The summed E-state index contributed by atoms with van der Waals surface area (Å²) in [7, 11) is 0. The first-order valence-corrected chi connectivity index (χ1v) is 12.7. The van der Waals surface area contributed by atoms with Gasteiger partial charge >= 0.3 is 12.1 Å². The summed E-state index contributed by atoms with van der Waals surface area (Å²) in [5, 5.41) is 12.3. The van der Waals surface area contributed by atoms with Crippen molar-refractivity contribution in [3.8, 4) is 11.1 Å². The van der Waals surface area contributed by atoms with E-state index in [4.69, 9.17) is 4.74 Å². The van der Waals surface area contributed by atoms with E-state index in [1.54, 1.807) is 4.90 Å². The third-order valence-corrected chi connectivity index (χ3v) is 7.81. The van der Waals surface area contributed by atoms with Crippen LogP contribution in [0.15, 0.2) is 48.5 Å². The van der Waals surface area contributed by atoms with Gasteiger partial charge in [-0.05, 0) is 47.9 Å². The van der Waals surface area contributed by atoms with Crippen LogP contribution in [-0.4, -0.2) is 53.7 Å². The Hall–Kier alpha value is -3.35. The lowest BCUT2D eigenvalue weighted by atomic mass is 9.83. The number of nitrogens with zero attached hydrogens (tertiary/aromatic N) is 1. The highest BCUT2D eigenvalue weighted by Crippen LogP contribution is 2.44. The lowest BCUT2D eigenvalue weighted by Gasteiger charge is -2.37. The first-order valence-electron chi connectivity index (χ1n) is 12.7. The smallest absolute Gasteiger partial charge is 0.407 e. The van der Waals surface area contributed by atoms with Crippen molar-refractivity contribution in [2.45, 2.75) is 50.5 Å². The first kappa shape index (κ1) is 23.4. The molecule has 3 aliphatic rings. The van der Waals surface area contributed by atoms with Gasteiger partial charge in [0.15, 0.2) is 0 Å². The third kappa shape index (κ3) is 4.77. The Bertz CT molecular complexity index is 1070. The zero-order chi connectivity index (χ0) is 24.4. The molecule has 0 radical (unpaired) electrons. The number of alkyl carbamates (subject to hydrolysis) is 1. The molecule has 5 rings (SSSR count). The quantitative estimate of drug-likeness (QED) is 0.667. The van der Waals surface area contributed by atoms with Crippen LogP contribution in [0, 0.1) is 11.8 Å². The van der Waals surface area contributed by atoms with Gasteiger partial charge in [-0.1, -0.05) is 61.4 Å². The minimum Gasteiger partial charge on any atom is -0.481 e. The zero-order valence-electron chi connectivity index (χ0n) is 19.8. The van der Waals surface area contributed by atoms with E-state index < -0.39 is 18.0 Å². The second-order valence-electron chi connectivity index (χ2n) is 9.93. The number of hydrogen-bond acceptors (Lipinski definition) is 4. The summed E-state index contributed by atoms with van der Waals surface area (Å²) < 4.78 is 5.71. The molecule has 0 spiro atoms. The second kappa shape index (κ2) is 10.1. The van der Waals surface area contributed by atoms with Gasteiger partial charge in [-0.15, -0.1) is 0 Å². The minimum absolute atomic E-state index is 0.0155. The molecular formula is C28H32N2O5. The summed E-state index contributed by atoms with van der Waals surface area (Å²) in [6.45, 7) is 1.07. The number of carbonyl (C=O) groups excluding carboxylic acids is 2. The number of piperidine rings is 1. The normalized spacial score (nSPS) is 23.8. The number of carbonyl (C=O) groups is 3. The predicted octanol–water partition coefficient (Wildman–Crippen LogP) is 4.41. The van der Waals surface area contributed by atoms with E-state index in [0.29, 0.717) is 25.8 Å². The van der Waals surface area contributed by atoms with Gasteiger partial charge in [-0.25, -0.2) is 4.79 Å². The number of ether oxygens (including phenoxy) is 1. The van der Waals surface area contributed by atoms with Gasteiger partial charge in [-0.2, -0.15) is 0 Å². The molecule has 7 nitrogen and oxygen atoms in total. The van der Waals surface area contributed by atoms with Crippen molar-refractivity contribution in [2.24, 2.45) is 11.8 Å². The molecule has 2 amide bonds. The van der Waals surface area contributed by atoms with Crippen molar-refractivity contribution in [2.75, 3.05) is 19.7 Å². The number of amides is 2. The van der Waals surface area contributed by atoms with Gasteiger partial charge in [0.1, 0.15) is 6.61 Å². The lowest BCUT2D eigenvalue weighted by Crippen LogP contribution is -2.52. The van der Waals surface area contributed by atoms with E-state index in [-0.39, 0.29) is 36.9 Å². The monoisotopic (exact) mass is 476 g/mol. The Morgan fingerprint density at radius 3 is 2.26 bits per heavy atom. The third-order valence-electron chi connectivity index (χ3n) is 7.81. The van der Waals surface area contributed by atoms with Crippen molar-refractivity contribution in [3.63, 3.8) is 0 Å². The Labute approximate surface area is 205 Å². The number of rotatable bonds is 5. The molecule has 1 heterocycles. The summed E-state index contributed by atoms with van der Waals surface area (Å²) in [5.74, 6) is -1.75. The van der Waals surface area contributed by atoms with Crippen molar-refractivity contribution >= 4 is 18.0 Å². The van der Waals surface area contributed by atoms with Crippen molar-refractivity contribution in [3.05, 3.63) is 59.7 Å². The fraction of sp³-hybridized carbons (Fsp3) is 0.464. The van der Waals surface area contributed by atoms with Gasteiger partial charge in [-0.3, -0.25) is 9.59 Å². The number of likely N-dealkylation sites (tertiary alicyclic amines) is 1. The molecule has 1 saturated heterocycles. The van der Waals surface area contributed by atoms with E-state index in [0.717, 1.165) is 30.4 Å². The van der Waals surface area contributed by atoms with E-state index in [1.165, 1.54) is 11.1 Å². The molecule has 1 saturated carbocycles. The van der Waals surface area contributed by atoms with Gasteiger partial charge < -0.3 is 20.1 Å². The molecule has 7 heteroatoms. The summed E-state index contributed by atoms with van der Waals surface area (Å²) in [6.07, 6.45) is 4.08. The van der Waals surface area contributed by atoms with Crippen LogP contribution in [0.4, 0.5) is 4.79 Å². The summed E-state index contributed by atoms with van der Waals surface area (Å²) in [6, 6.07) is 16.1. The number of fused-ring (bicyclic) bond motifs is 3. The topological polar surface area (TPSA) is 95.9 Å². The van der Waals surface area contributed by atoms with Crippen LogP contribution >= 0.6 is 0 Å². The molecule has 2 N–H and O–H groups in total. The molecule has 2 aromatic carbocycles. The molecule has 0 bridgehead atoms. The SMILES string of the molecule is O=C(N[C@H]1CCCC[C@H]1C(=O)N1CCCC(C(=O)O)C1)OCC1c2ccccc2-c2ccccc21. The molecule has 2 fully saturated rings. The highest BCUT2D eigenvalue weighted by atomic mass is 16.5. The average molecular weight is 477 g/mol. The Kier molecular flexibility index (Phi) is 6.75. The van der Waals surface area contributed by atoms with Crippen LogP contribution in [0.3, 0.4) is 0 Å². The van der Waals surface area contributed by atoms with E-state index in [2.05, 4.69) is 29.6 Å². The summed E-state index contributed by atoms with van der Waals surface area (Å²) in [4.78, 5) is 39.3. The maximum absolute atomic E-state index is 13.3. The van der Waals surface area contributed by atoms with Crippen molar-refractivity contribution < 1.29 is 24.2 Å². The van der Waals surface area contributed by atoms with Crippen LogP contribution < -0.4 is 5.32 Å².